The summed E-state index contributed by atoms with van der Waals surface area (Å²) >= 11 is 0. The number of halogens is 3. The fourth-order valence-electron chi connectivity index (χ4n) is 2.83. The molecule has 0 aromatic carbocycles. The van der Waals surface area contributed by atoms with Gasteiger partial charge in [0.2, 0.25) is 5.91 Å². The molecule has 1 aromatic rings. The lowest BCUT2D eigenvalue weighted by molar-refractivity contribution is -0.196. The first-order chi connectivity index (χ1) is 10.2. The zero-order valence-electron chi connectivity index (χ0n) is 12.8. The summed E-state index contributed by atoms with van der Waals surface area (Å²) in [5, 5.41) is 7.04. The second-order valence-corrected chi connectivity index (χ2v) is 5.69. The average Bonchev–Trinajstić information content (AvgIpc) is 2.74. The van der Waals surface area contributed by atoms with Crippen LogP contribution in [-0.2, 0) is 11.3 Å². The molecule has 8 heteroatoms. The summed E-state index contributed by atoms with van der Waals surface area (Å²) in [4.78, 5) is 12.4. The molecule has 0 aliphatic carbocycles. The van der Waals surface area contributed by atoms with Gasteiger partial charge in [-0.25, -0.2) is 0 Å². The lowest BCUT2D eigenvalue weighted by Gasteiger charge is -2.40. The maximum atomic E-state index is 13.0. The van der Waals surface area contributed by atoms with Gasteiger partial charge in [-0.1, -0.05) is 5.16 Å². The minimum absolute atomic E-state index is 0.0584. The molecule has 1 fully saturated rings. The lowest BCUT2D eigenvalue weighted by Crippen LogP contribution is -2.57. The number of nitrogens with zero attached hydrogens (tertiary/aromatic N) is 2. The van der Waals surface area contributed by atoms with Crippen molar-refractivity contribution in [2.45, 2.75) is 58.4 Å². The van der Waals surface area contributed by atoms with Crippen molar-refractivity contribution >= 4 is 5.91 Å². The molecule has 2 rings (SSSR count). The molecular formula is C14H20F3N3O2. The Hall–Kier alpha value is -1.57. The summed E-state index contributed by atoms with van der Waals surface area (Å²) in [5.74, 6) is 0.142. The molecular weight excluding hydrogens is 299 g/mol. The van der Waals surface area contributed by atoms with Gasteiger partial charge < -0.3 is 14.7 Å². The van der Waals surface area contributed by atoms with Crippen LogP contribution >= 0.6 is 0 Å². The van der Waals surface area contributed by atoms with Crippen LogP contribution in [-0.4, -0.2) is 40.8 Å². The minimum atomic E-state index is -4.38. The van der Waals surface area contributed by atoms with E-state index in [2.05, 4.69) is 10.5 Å². The van der Waals surface area contributed by atoms with Gasteiger partial charge in [0.05, 0.1) is 5.69 Å². The molecule has 22 heavy (non-hydrogen) atoms. The standard InChI is InChI=1S/C14H20F3N3O2/c1-8-12(9(2)22-19-8)6-18-11-4-5-13(14(15,16)17)20(7-11)10(3)21/h11,13,18H,4-7H2,1-3H3. The first-order valence-corrected chi connectivity index (χ1v) is 7.19. The van der Waals surface area contributed by atoms with Gasteiger partial charge in [-0.15, -0.1) is 0 Å². The Morgan fingerprint density at radius 1 is 1.41 bits per heavy atom. The summed E-state index contributed by atoms with van der Waals surface area (Å²) in [6, 6.07) is -1.85. The molecule has 0 bridgehead atoms. The molecule has 1 aromatic heterocycles. The monoisotopic (exact) mass is 319 g/mol. The van der Waals surface area contributed by atoms with Crippen molar-refractivity contribution < 1.29 is 22.5 Å². The van der Waals surface area contributed by atoms with E-state index in [-0.39, 0.29) is 19.0 Å². The number of hydrogen-bond acceptors (Lipinski definition) is 4. The quantitative estimate of drug-likeness (QED) is 0.929. The van der Waals surface area contributed by atoms with Crippen LogP contribution in [0, 0.1) is 13.8 Å². The van der Waals surface area contributed by atoms with Gasteiger partial charge >= 0.3 is 6.18 Å². The molecule has 2 unspecified atom stereocenters. The highest BCUT2D eigenvalue weighted by Gasteiger charge is 2.47. The Labute approximate surface area is 126 Å². The summed E-state index contributed by atoms with van der Waals surface area (Å²) in [6.07, 6.45) is -4.09. The van der Waals surface area contributed by atoms with E-state index in [9.17, 15) is 18.0 Å². The molecule has 1 aliphatic rings. The number of amides is 1. The van der Waals surface area contributed by atoms with Crippen molar-refractivity contribution in [2.75, 3.05) is 6.54 Å². The first kappa shape index (κ1) is 16.8. The topological polar surface area (TPSA) is 58.4 Å². The second kappa shape index (κ2) is 6.28. The van der Waals surface area contributed by atoms with Crippen LogP contribution < -0.4 is 5.32 Å². The molecule has 1 saturated heterocycles. The third-order valence-corrected chi connectivity index (χ3v) is 4.11. The van der Waals surface area contributed by atoms with E-state index < -0.39 is 18.1 Å². The summed E-state index contributed by atoms with van der Waals surface area (Å²) in [6.45, 7) is 5.31. The van der Waals surface area contributed by atoms with Crippen LogP contribution in [0.5, 0.6) is 0 Å². The average molecular weight is 319 g/mol. The normalized spacial score (nSPS) is 22.9. The zero-order chi connectivity index (χ0) is 16.5. The highest BCUT2D eigenvalue weighted by Crippen LogP contribution is 2.32. The van der Waals surface area contributed by atoms with Crippen LogP contribution in [0.15, 0.2) is 4.52 Å². The molecule has 0 saturated carbocycles. The number of aryl methyl sites for hydroxylation is 2. The summed E-state index contributed by atoms with van der Waals surface area (Å²) in [5.41, 5.74) is 1.67. The van der Waals surface area contributed by atoms with Crippen LogP contribution in [0.25, 0.3) is 0 Å². The Bertz CT molecular complexity index is 522. The number of aromatic nitrogens is 1. The third-order valence-electron chi connectivity index (χ3n) is 4.11. The van der Waals surface area contributed by atoms with Crippen molar-refractivity contribution in [3.8, 4) is 0 Å². The van der Waals surface area contributed by atoms with Crippen molar-refractivity contribution in [1.82, 2.24) is 15.4 Å². The van der Waals surface area contributed by atoms with Crippen molar-refractivity contribution in [3.63, 3.8) is 0 Å². The van der Waals surface area contributed by atoms with Gasteiger partial charge in [-0.2, -0.15) is 13.2 Å². The molecule has 1 amide bonds. The molecule has 2 heterocycles. The number of likely N-dealkylation sites (tertiary alicyclic amines) is 1. The number of carbonyl (C=O) groups is 1. The number of carbonyl (C=O) groups excluding carboxylic acids is 1. The molecule has 1 aliphatic heterocycles. The number of alkyl halides is 3. The maximum absolute atomic E-state index is 13.0. The van der Waals surface area contributed by atoms with E-state index in [4.69, 9.17) is 4.52 Å². The molecule has 0 spiro atoms. The van der Waals surface area contributed by atoms with Gasteiger partial charge in [0.1, 0.15) is 11.8 Å². The number of piperidine rings is 1. The Kier molecular flexibility index (Phi) is 4.79. The highest BCUT2D eigenvalue weighted by molar-refractivity contribution is 5.74. The second-order valence-electron chi connectivity index (χ2n) is 5.69. The molecule has 1 N–H and O–H groups in total. The maximum Gasteiger partial charge on any atom is 0.408 e. The number of hydrogen-bond donors (Lipinski definition) is 1. The van der Waals surface area contributed by atoms with E-state index in [0.29, 0.717) is 18.7 Å². The predicted octanol–water partition coefficient (Wildman–Crippen LogP) is 2.32. The predicted molar refractivity (Wildman–Crippen MR) is 73.1 cm³/mol. The molecule has 0 radical (unpaired) electrons. The van der Waals surface area contributed by atoms with E-state index in [1.54, 1.807) is 6.92 Å². The zero-order valence-corrected chi connectivity index (χ0v) is 12.8. The van der Waals surface area contributed by atoms with Crippen molar-refractivity contribution in [3.05, 3.63) is 17.0 Å². The molecule has 5 nitrogen and oxygen atoms in total. The van der Waals surface area contributed by atoms with Crippen LogP contribution in [0.2, 0.25) is 0 Å². The van der Waals surface area contributed by atoms with Gasteiger partial charge in [0.15, 0.2) is 0 Å². The first-order valence-electron chi connectivity index (χ1n) is 7.19. The Morgan fingerprint density at radius 3 is 2.59 bits per heavy atom. The fraction of sp³-hybridized carbons (Fsp3) is 0.714. The number of rotatable bonds is 3. The van der Waals surface area contributed by atoms with E-state index in [1.807, 2.05) is 6.92 Å². The van der Waals surface area contributed by atoms with Crippen LogP contribution in [0.4, 0.5) is 13.2 Å². The van der Waals surface area contributed by atoms with E-state index >= 15 is 0 Å². The molecule has 124 valence electrons. The van der Waals surface area contributed by atoms with Crippen LogP contribution in [0.1, 0.15) is 36.8 Å². The van der Waals surface area contributed by atoms with Crippen molar-refractivity contribution in [1.29, 1.82) is 0 Å². The van der Waals surface area contributed by atoms with Gasteiger partial charge in [0.25, 0.3) is 0 Å². The van der Waals surface area contributed by atoms with Gasteiger partial charge in [-0.05, 0) is 26.7 Å². The highest BCUT2D eigenvalue weighted by atomic mass is 19.4. The summed E-state index contributed by atoms with van der Waals surface area (Å²) in [7, 11) is 0. The lowest BCUT2D eigenvalue weighted by atomic mass is 9.97. The molecule has 2 atom stereocenters. The number of nitrogens with one attached hydrogen (secondary N) is 1. The largest absolute Gasteiger partial charge is 0.408 e. The summed E-state index contributed by atoms with van der Waals surface area (Å²) < 4.78 is 43.9. The minimum Gasteiger partial charge on any atom is -0.361 e. The smallest absolute Gasteiger partial charge is 0.361 e. The Morgan fingerprint density at radius 2 is 2.09 bits per heavy atom. The van der Waals surface area contributed by atoms with Crippen molar-refractivity contribution in [2.24, 2.45) is 0 Å². The van der Waals surface area contributed by atoms with Gasteiger partial charge in [-0.3, -0.25) is 4.79 Å². The van der Waals surface area contributed by atoms with E-state index in [0.717, 1.165) is 16.2 Å². The fourth-order valence-corrected chi connectivity index (χ4v) is 2.83. The van der Waals surface area contributed by atoms with Gasteiger partial charge in [0, 0.05) is 31.6 Å². The van der Waals surface area contributed by atoms with E-state index in [1.165, 1.54) is 6.92 Å². The third kappa shape index (κ3) is 3.60. The Balaban J connectivity index is 1.99. The van der Waals surface area contributed by atoms with Crippen LogP contribution in [0.3, 0.4) is 0 Å². The SMILES string of the molecule is CC(=O)N1CC(NCc2c(C)noc2C)CCC1C(F)(F)F.